The zero-order valence-electron chi connectivity index (χ0n) is 17.2. The summed E-state index contributed by atoms with van der Waals surface area (Å²) in [6.45, 7) is 16.1. The highest BCUT2D eigenvalue weighted by molar-refractivity contribution is 6.62. The Kier molecular flexibility index (Phi) is 4.81. The van der Waals surface area contributed by atoms with Crippen LogP contribution in [0.15, 0.2) is 61.1 Å². The van der Waals surface area contributed by atoms with Gasteiger partial charge in [-0.1, -0.05) is 48.5 Å². The molecular formula is C23H24BN3O2. The van der Waals surface area contributed by atoms with Gasteiger partial charge in [0.2, 0.25) is 0 Å². The van der Waals surface area contributed by atoms with E-state index in [2.05, 4.69) is 9.83 Å². The van der Waals surface area contributed by atoms with Crippen molar-refractivity contribution in [1.82, 2.24) is 9.55 Å². The Hall–Kier alpha value is -2.88. The second kappa shape index (κ2) is 7.18. The van der Waals surface area contributed by atoms with Crippen LogP contribution in [-0.4, -0.2) is 27.9 Å². The first kappa shape index (κ1) is 19.4. The molecule has 146 valence electrons. The highest BCUT2D eigenvalue weighted by Gasteiger charge is 2.52. The van der Waals surface area contributed by atoms with Crippen molar-refractivity contribution in [3.05, 3.63) is 78.0 Å². The van der Waals surface area contributed by atoms with E-state index in [1.807, 2.05) is 93.3 Å². The molecule has 0 aliphatic carbocycles. The van der Waals surface area contributed by atoms with Crippen LogP contribution >= 0.6 is 0 Å². The van der Waals surface area contributed by atoms with Crippen LogP contribution in [0.2, 0.25) is 0 Å². The largest absolute Gasteiger partial charge is 0.495 e. The number of benzene rings is 2. The predicted octanol–water partition coefficient (Wildman–Crippen LogP) is 4.45. The van der Waals surface area contributed by atoms with Gasteiger partial charge in [-0.3, -0.25) is 0 Å². The highest BCUT2D eigenvalue weighted by Crippen LogP contribution is 2.37. The average Bonchev–Trinajstić information content (AvgIpc) is 3.24. The Bertz CT molecular complexity index is 1050. The SMILES string of the molecule is [C-]#[N+]c1ccc(B2OC(C)(C)C(C)(C)O2)c(Cn2cnc(-c3ccccc3)c2)c1. The number of hydrogen-bond donors (Lipinski definition) is 0. The third kappa shape index (κ3) is 3.72. The van der Waals surface area contributed by atoms with Gasteiger partial charge in [-0.25, -0.2) is 9.83 Å². The minimum Gasteiger partial charge on any atom is -0.399 e. The quantitative estimate of drug-likeness (QED) is 0.492. The molecule has 6 heteroatoms. The zero-order chi connectivity index (χ0) is 20.6. The molecule has 4 rings (SSSR count). The third-order valence-electron chi connectivity index (χ3n) is 5.82. The second-order valence-corrected chi connectivity index (χ2v) is 8.38. The van der Waals surface area contributed by atoms with Crippen molar-refractivity contribution >= 4 is 18.3 Å². The molecule has 0 radical (unpaired) electrons. The van der Waals surface area contributed by atoms with E-state index in [-0.39, 0.29) is 0 Å². The minimum atomic E-state index is -0.466. The van der Waals surface area contributed by atoms with Gasteiger partial charge < -0.3 is 13.9 Å². The summed E-state index contributed by atoms with van der Waals surface area (Å²) in [5.74, 6) is 0. The van der Waals surface area contributed by atoms with Gasteiger partial charge in [0.1, 0.15) is 0 Å². The molecule has 3 aromatic rings. The van der Waals surface area contributed by atoms with E-state index in [0.29, 0.717) is 12.2 Å². The van der Waals surface area contributed by atoms with Crippen LogP contribution in [0, 0.1) is 6.57 Å². The van der Waals surface area contributed by atoms with Crippen molar-refractivity contribution in [2.24, 2.45) is 0 Å². The first-order valence-electron chi connectivity index (χ1n) is 9.72. The van der Waals surface area contributed by atoms with Crippen LogP contribution in [0.5, 0.6) is 0 Å². The predicted molar refractivity (Wildman–Crippen MR) is 115 cm³/mol. The zero-order valence-corrected chi connectivity index (χ0v) is 17.2. The molecule has 1 aliphatic heterocycles. The van der Waals surface area contributed by atoms with Crippen molar-refractivity contribution in [1.29, 1.82) is 0 Å². The summed E-state index contributed by atoms with van der Waals surface area (Å²) in [7, 11) is -0.466. The molecule has 1 fully saturated rings. The van der Waals surface area contributed by atoms with E-state index < -0.39 is 18.3 Å². The van der Waals surface area contributed by atoms with Crippen molar-refractivity contribution in [3.8, 4) is 11.3 Å². The summed E-state index contributed by atoms with van der Waals surface area (Å²) in [6, 6.07) is 15.8. The van der Waals surface area contributed by atoms with Crippen molar-refractivity contribution < 1.29 is 9.31 Å². The average molecular weight is 385 g/mol. The Morgan fingerprint density at radius 2 is 1.72 bits per heavy atom. The molecule has 0 N–H and O–H groups in total. The molecule has 2 heterocycles. The maximum absolute atomic E-state index is 7.39. The highest BCUT2D eigenvalue weighted by atomic mass is 16.7. The molecule has 0 atom stereocenters. The Morgan fingerprint density at radius 3 is 2.38 bits per heavy atom. The van der Waals surface area contributed by atoms with Gasteiger partial charge in [-0.15, -0.1) is 0 Å². The fourth-order valence-electron chi connectivity index (χ4n) is 3.40. The van der Waals surface area contributed by atoms with E-state index in [0.717, 1.165) is 22.3 Å². The maximum atomic E-state index is 7.39. The molecule has 1 aliphatic rings. The monoisotopic (exact) mass is 385 g/mol. The van der Waals surface area contributed by atoms with Crippen LogP contribution in [0.3, 0.4) is 0 Å². The number of aromatic nitrogens is 2. The summed E-state index contributed by atoms with van der Waals surface area (Å²) < 4.78 is 14.5. The molecule has 0 bridgehead atoms. The molecule has 0 unspecified atom stereocenters. The maximum Gasteiger partial charge on any atom is 0.495 e. The van der Waals surface area contributed by atoms with E-state index in [4.69, 9.17) is 15.9 Å². The van der Waals surface area contributed by atoms with Gasteiger partial charge in [-0.05, 0) is 38.7 Å². The first-order valence-corrected chi connectivity index (χ1v) is 9.72. The molecule has 1 saturated heterocycles. The van der Waals surface area contributed by atoms with Crippen LogP contribution in [0.1, 0.15) is 33.3 Å². The summed E-state index contributed by atoms with van der Waals surface area (Å²) in [5.41, 5.74) is 3.71. The van der Waals surface area contributed by atoms with Crippen LogP contribution in [0.25, 0.3) is 16.1 Å². The van der Waals surface area contributed by atoms with E-state index in [1.165, 1.54) is 0 Å². The Morgan fingerprint density at radius 1 is 1.03 bits per heavy atom. The summed E-state index contributed by atoms with van der Waals surface area (Å²) in [4.78, 5) is 8.13. The van der Waals surface area contributed by atoms with E-state index in [9.17, 15) is 0 Å². The third-order valence-corrected chi connectivity index (χ3v) is 5.82. The molecule has 5 nitrogen and oxygen atoms in total. The van der Waals surface area contributed by atoms with Crippen LogP contribution < -0.4 is 5.46 Å². The number of hydrogen-bond acceptors (Lipinski definition) is 3. The van der Waals surface area contributed by atoms with Crippen molar-refractivity contribution in [2.45, 2.75) is 45.4 Å². The van der Waals surface area contributed by atoms with Gasteiger partial charge in [0, 0.05) is 18.3 Å². The van der Waals surface area contributed by atoms with Gasteiger partial charge >= 0.3 is 7.12 Å². The number of rotatable bonds is 4. The number of imidazole rings is 1. The molecule has 0 saturated carbocycles. The lowest BCUT2D eigenvalue weighted by molar-refractivity contribution is 0.00578. The summed E-state index contributed by atoms with van der Waals surface area (Å²) >= 11 is 0. The Balaban J connectivity index is 1.66. The first-order chi connectivity index (χ1) is 13.8. The van der Waals surface area contributed by atoms with Crippen LogP contribution in [0.4, 0.5) is 5.69 Å². The molecular weight excluding hydrogens is 361 g/mol. The fourth-order valence-corrected chi connectivity index (χ4v) is 3.40. The van der Waals surface area contributed by atoms with Crippen LogP contribution in [-0.2, 0) is 15.9 Å². The normalized spacial score (nSPS) is 17.3. The van der Waals surface area contributed by atoms with Crippen molar-refractivity contribution in [3.63, 3.8) is 0 Å². The van der Waals surface area contributed by atoms with Gasteiger partial charge in [0.25, 0.3) is 0 Å². The number of nitrogens with zero attached hydrogens (tertiary/aromatic N) is 3. The van der Waals surface area contributed by atoms with Crippen molar-refractivity contribution in [2.75, 3.05) is 0 Å². The standard InChI is InChI=1S/C23H24BN3O2/c1-22(2)23(3,4)29-24(28-22)20-12-11-19(25-5)13-18(20)14-27-15-21(26-16-27)17-9-7-6-8-10-17/h6-13,15-16H,14H2,1-4H3. The lowest BCUT2D eigenvalue weighted by atomic mass is 9.75. The Labute approximate surface area is 172 Å². The smallest absolute Gasteiger partial charge is 0.399 e. The molecule has 2 aromatic carbocycles. The summed E-state index contributed by atoms with van der Waals surface area (Å²) in [6.07, 6.45) is 3.84. The minimum absolute atomic E-state index is 0.414. The molecule has 0 spiro atoms. The second-order valence-electron chi connectivity index (χ2n) is 8.38. The van der Waals surface area contributed by atoms with E-state index >= 15 is 0 Å². The molecule has 0 amide bonds. The lowest BCUT2D eigenvalue weighted by Crippen LogP contribution is -2.41. The van der Waals surface area contributed by atoms with Gasteiger partial charge in [0.05, 0.1) is 29.8 Å². The van der Waals surface area contributed by atoms with Gasteiger partial charge in [0.15, 0.2) is 5.69 Å². The van der Waals surface area contributed by atoms with E-state index in [1.54, 1.807) is 0 Å². The fraction of sp³-hybridized carbons (Fsp3) is 0.304. The molecule has 1 aromatic heterocycles. The topological polar surface area (TPSA) is 40.6 Å². The molecule has 29 heavy (non-hydrogen) atoms. The lowest BCUT2D eigenvalue weighted by Gasteiger charge is -2.32. The van der Waals surface area contributed by atoms with Gasteiger partial charge in [-0.2, -0.15) is 0 Å². The summed E-state index contributed by atoms with van der Waals surface area (Å²) in [5, 5.41) is 0.